The summed E-state index contributed by atoms with van der Waals surface area (Å²) in [6.07, 6.45) is 11.1. The number of carboxylic acids is 3. The molecule has 0 aliphatic heterocycles. The van der Waals surface area contributed by atoms with Crippen LogP contribution in [-0.2, 0) is 30.4 Å². The molecule has 10 nitrogen and oxygen atoms in total. The summed E-state index contributed by atoms with van der Waals surface area (Å²) in [7, 11) is 0. The summed E-state index contributed by atoms with van der Waals surface area (Å²) < 4.78 is 13.3. The average molecular weight is 670 g/mol. The number of rotatable bonds is 24. The maximum absolute atomic E-state index is 13.3. The molecular formula is C37H48FNO9. The largest absolute Gasteiger partial charge is 0.481 e. The summed E-state index contributed by atoms with van der Waals surface area (Å²) in [5, 5.41) is 42.1. The van der Waals surface area contributed by atoms with Crippen LogP contribution in [0.15, 0.2) is 60.7 Å². The van der Waals surface area contributed by atoms with Gasteiger partial charge in [-0.25, -0.2) is 14.0 Å². The van der Waals surface area contributed by atoms with Crippen LogP contribution >= 0.6 is 0 Å². The molecule has 0 aliphatic rings. The van der Waals surface area contributed by atoms with Gasteiger partial charge in [0.1, 0.15) is 17.6 Å². The molecule has 0 heterocycles. The minimum atomic E-state index is -3.04. The Bertz CT molecular complexity index is 1370. The number of Topliss-reactive ketones (excluding diaryl/α,β-unsaturated/α-hetero) is 1. The van der Waals surface area contributed by atoms with Crippen LogP contribution in [0.4, 0.5) is 4.39 Å². The van der Waals surface area contributed by atoms with Crippen molar-refractivity contribution in [3.05, 3.63) is 72.1 Å². The van der Waals surface area contributed by atoms with Crippen molar-refractivity contribution >= 4 is 29.6 Å². The van der Waals surface area contributed by atoms with E-state index in [0.29, 0.717) is 31.2 Å². The van der Waals surface area contributed by atoms with E-state index >= 15 is 0 Å². The molecule has 3 unspecified atom stereocenters. The van der Waals surface area contributed by atoms with Gasteiger partial charge in [-0.3, -0.25) is 14.4 Å². The Morgan fingerprint density at radius 3 is 1.85 bits per heavy atom. The van der Waals surface area contributed by atoms with Crippen LogP contribution in [0, 0.1) is 11.7 Å². The number of carboxylic acid groups (broad SMARTS) is 3. The second kappa shape index (κ2) is 20.8. The smallest absolute Gasteiger partial charge is 0.337 e. The minimum absolute atomic E-state index is 0.188. The maximum Gasteiger partial charge on any atom is 0.337 e. The number of ketones is 1. The van der Waals surface area contributed by atoms with Crippen molar-refractivity contribution < 1.29 is 48.8 Å². The normalized spacial score (nSPS) is 13.8. The first-order valence-electron chi connectivity index (χ1n) is 16.6. The van der Waals surface area contributed by atoms with Gasteiger partial charge in [-0.05, 0) is 54.5 Å². The van der Waals surface area contributed by atoms with Crippen LogP contribution in [0.1, 0.15) is 96.0 Å². The zero-order valence-electron chi connectivity index (χ0n) is 27.5. The zero-order valence-corrected chi connectivity index (χ0v) is 27.5. The first kappa shape index (κ1) is 39.8. The Hall–Kier alpha value is -4.38. The molecule has 0 aromatic heterocycles. The topological polar surface area (TPSA) is 178 Å². The standard InChI is InChI=1S/C37H48FNO9/c1-2-3-4-7-10-13-30(40)14-11-8-5-6-9-12-15-31(37(48,36(46)47)25-33(41)42)34(43)39-32(35(44)45)24-26-16-18-27(19-17-26)28-20-22-29(38)23-21-28/h12,15-23,31-32,48H,2-11,13-14,24-25H2,1H3,(H,39,43)(H,41,42)(H,44,45)(H,46,47)/b15-12+. The van der Waals surface area contributed by atoms with Crippen molar-refractivity contribution in [2.24, 2.45) is 5.92 Å². The van der Waals surface area contributed by atoms with Crippen molar-refractivity contribution in [1.29, 1.82) is 0 Å². The van der Waals surface area contributed by atoms with Gasteiger partial charge in [0.15, 0.2) is 5.60 Å². The number of hydrogen-bond acceptors (Lipinski definition) is 6. The predicted molar refractivity (Wildman–Crippen MR) is 179 cm³/mol. The lowest BCUT2D eigenvalue weighted by Crippen LogP contribution is -2.55. The summed E-state index contributed by atoms with van der Waals surface area (Å²) in [6, 6.07) is 11.0. The number of benzene rings is 2. The molecular weight excluding hydrogens is 621 g/mol. The van der Waals surface area contributed by atoms with E-state index in [1.54, 1.807) is 36.4 Å². The van der Waals surface area contributed by atoms with Gasteiger partial charge in [-0.15, -0.1) is 0 Å². The number of halogens is 1. The van der Waals surface area contributed by atoms with Crippen LogP contribution < -0.4 is 5.32 Å². The number of aliphatic hydroxyl groups is 1. The molecule has 3 atom stereocenters. The highest BCUT2D eigenvalue weighted by Crippen LogP contribution is 2.26. The lowest BCUT2D eigenvalue weighted by molar-refractivity contribution is -0.172. The average Bonchev–Trinajstić information content (AvgIpc) is 3.03. The number of hydrogen-bond donors (Lipinski definition) is 5. The first-order chi connectivity index (χ1) is 22.9. The fraction of sp³-hybridized carbons (Fsp3) is 0.486. The van der Waals surface area contributed by atoms with Gasteiger partial charge in [0, 0.05) is 19.3 Å². The third-order valence-corrected chi connectivity index (χ3v) is 8.24. The van der Waals surface area contributed by atoms with Crippen molar-refractivity contribution in [2.75, 3.05) is 0 Å². The van der Waals surface area contributed by atoms with Crippen LogP contribution in [0.25, 0.3) is 11.1 Å². The van der Waals surface area contributed by atoms with Gasteiger partial charge >= 0.3 is 17.9 Å². The molecule has 2 rings (SSSR count). The van der Waals surface area contributed by atoms with E-state index in [2.05, 4.69) is 12.2 Å². The van der Waals surface area contributed by atoms with E-state index < -0.39 is 47.8 Å². The number of nitrogens with one attached hydrogen (secondary N) is 1. The fourth-order valence-electron chi connectivity index (χ4n) is 5.41. The molecule has 1 amide bonds. The number of carbonyl (C=O) groups excluding carboxylic acids is 2. The molecule has 2 aromatic carbocycles. The number of amides is 1. The van der Waals surface area contributed by atoms with Gasteiger partial charge in [-0.2, -0.15) is 0 Å². The SMILES string of the molecule is CCCCCCCC(=O)CCCCCC/C=C/C(C(=O)NC(Cc1ccc(-c2ccc(F)cc2)cc1)C(=O)O)C(O)(CC(=O)O)C(=O)O. The third kappa shape index (κ3) is 13.8. The maximum atomic E-state index is 13.3. The molecule has 11 heteroatoms. The second-order valence-corrected chi connectivity index (χ2v) is 12.2. The highest BCUT2D eigenvalue weighted by molar-refractivity contribution is 5.94. The van der Waals surface area contributed by atoms with Crippen LogP contribution in [-0.4, -0.2) is 61.7 Å². The van der Waals surface area contributed by atoms with Crippen molar-refractivity contribution in [3.63, 3.8) is 0 Å². The van der Waals surface area contributed by atoms with Gasteiger partial charge in [-0.1, -0.05) is 94.0 Å². The summed E-state index contributed by atoms with van der Waals surface area (Å²) in [6.45, 7) is 2.14. The van der Waals surface area contributed by atoms with E-state index in [1.165, 1.54) is 24.6 Å². The fourth-order valence-corrected chi connectivity index (χ4v) is 5.41. The number of aliphatic carboxylic acids is 3. The monoisotopic (exact) mass is 669 g/mol. The van der Waals surface area contributed by atoms with Gasteiger partial charge < -0.3 is 25.7 Å². The quantitative estimate of drug-likeness (QED) is 0.0630. The number of carbonyl (C=O) groups is 5. The zero-order chi connectivity index (χ0) is 35.5. The Morgan fingerprint density at radius 2 is 1.33 bits per heavy atom. The summed E-state index contributed by atoms with van der Waals surface area (Å²) >= 11 is 0. The third-order valence-electron chi connectivity index (χ3n) is 8.24. The Balaban J connectivity index is 2.02. The second-order valence-electron chi connectivity index (χ2n) is 12.2. The molecule has 2 aromatic rings. The summed E-state index contributed by atoms with van der Waals surface area (Å²) in [4.78, 5) is 61.0. The molecule has 0 saturated heterocycles. The molecule has 0 radical (unpaired) electrons. The number of unbranched alkanes of at least 4 members (excludes halogenated alkanes) is 8. The van der Waals surface area contributed by atoms with E-state index in [0.717, 1.165) is 62.1 Å². The molecule has 0 fully saturated rings. The van der Waals surface area contributed by atoms with Crippen LogP contribution in [0.3, 0.4) is 0 Å². The van der Waals surface area contributed by atoms with Gasteiger partial charge in [0.05, 0.1) is 12.3 Å². The van der Waals surface area contributed by atoms with Crippen molar-refractivity contribution in [2.45, 2.75) is 108 Å². The van der Waals surface area contributed by atoms with Crippen LogP contribution in [0.2, 0.25) is 0 Å². The molecule has 0 aliphatic carbocycles. The lowest BCUT2D eigenvalue weighted by Gasteiger charge is -2.29. The summed E-state index contributed by atoms with van der Waals surface area (Å²) in [5.41, 5.74) is -1.02. The molecule has 262 valence electrons. The molecule has 5 N–H and O–H groups in total. The van der Waals surface area contributed by atoms with Crippen molar-refractivity contribution in [3.8, 4) is 11.1 Å². The lowest BCUT2D eigenvalue weighted by atomic mass is 9.82. The van der Waals surface area contributed by atoms with Gasteiger partial charge in [0.2, 0.25) is 5.91 Å². The van der Waals surface area contributed by atoms with E-state index in [-0.39, 0.29) is 18.0 Å². The highest BCUT2D eigenvalue weighted by Gasteiger charge is 2.49. The predicted octanol–water partition coefficient (Wildman–Crippen LogP) is 6.34. The Morgan fingerprint density at radius 1 is 0.792 bits per heavy atom. The summed E-state index contributed by atoms with van der Waals surface area (Å²) in [5.74, 6) is -8.19. The molecule has 48 heavy (non-hydrogen) atoms. The minimum Gasteiger partial charge on any atom is -0.481 e. The molecule has 0 bridgehead atoms. The van der Waals surface area contributed by atoms with E-state index in [9.17, 15) is 48.8 Å². The van der Waals surface area contributed by atoms with Crippen molar-refractivity contribution in [1.82, 2.24) is 5.32 Å². The van der Waals surface area contributed by atoms with Gasteiger partial charge in [0.25, 0.3) is 0 Å². The van der Waals surface area contributed by atoms with Crippen LogP contribution in [0.5, 0.6) is 0 Å². The Labute approximate surface area is 281 Å². The first-order valence-corrected chi connectivity index (χ1v) is 16.6. The number of allylic oxidation sites excluding steroid dienone is 1. The van der Waals surface area contributed by atoms with E-state index in [1.807, 2.05) is 0 Å². The van der Waals surface area contributed by atoms with E-state index in [4.69, 9.17) is 0 Å². The Kier molecular flexibility index (Phi) is 17.2. The highest BCUT2D eigenvalue weighted by atomic mass is 19.1. The molecule has 0 saturated carbocycles. The molecule has 0 spiro atoms.